The molecule has 2 unspecified atom stereocenters. The molecule has 2 rings (SSSR count). The van der Waals surface area contributed by atoms with Gasteiger partial charge in [0.25, 0.3) is 0 Å². The van der Waals surface area contributed by atoms with Gasteiger partial charge in [0.15, 0.2) is 0 Å². The van der Waals surface area contributed by atoms with Crippen molar-refractivity contribution in [2.45, 2.75) is 24.0 Å². The van der Waals surface area contributed by atoms with Gasteiger partial charge in [0.05, 0.1) is 11.0 Å². The van der Waals surface area contributed by atoms with Gasteiger partial charge >= 0.3 is 5.97 Å². The molecule has 0 aliphatic carbocycles. The molecule has 9 heteroatoms. The maximum absolute atomic E-state index is 12.2. The fraction of sp³-hybridized carbons (Fsp3) is 0.188. The minimum absolute atomic E-state index is 0.150. The normalized spacial score (nSPS) is 13.9. The topological polar surface area (TPSA) is 113 Å². The van der Waals surface area contributed by atoms with E-state index in [1.165, 1.54) is 31.2 Å². The molecule has 0 bridgehead atoms. The van der Waals surface area contributed by atoms with Crippen molar-refractivity contribution >= 4 is 27.6 Å². The number of rotatable bonds is 7. The highest BCUT2D eigenvalue weighted by Gasteiger charge is 2.29. The van der Waals surface area contributed by atoms with E-state index in [0.29, 0.717) is 16.5 Å². The van der Waals surface area contributed by atoms with Crippen LogP contribution >= 0.6 is 11.6 Å². The van der Waals surface area contributed by atoms with Crippen LogP contribution in [-0.2, 0) is 14.8 Å². The molecule has 0 amide bonds. The Balaban J connectivity index is 2.15. The van der Waals surface area contributed by atoms with Crippen LogP contribution < -0.4 is 9.46 Å². The average Bonchev–Trinajstić information content (AvgIpc) is 2.55. The highest BCUT2D eigenvalue weighted by atomic mass is 35.5. The summed E-state index contributed by atoms with van der Waals surface area (Å²) in [5.74, 6) is -0.550. The highest BCUT2D eigenvalue weighted by molar-refractivity contribution is 7.89. The second-order valence-corrected chi connectivity index (χ2v) is 7.36. The quantitative estimate of drug-likeness (QED) is 0.673. The van der Waals surface area contributed by atoms with Crippen LogP contribution in [0.1, 0.15) is 6.92 Å². The third kappa shape index (κ3) is 5.17. The summed E-state index contributed by atoms with van der Waals surface area (Å²) in [5, 5.41) is 18.9. The molecule has 0 aromatic heterocycles. The minimum Gasteiger partial charge on any atom is -0.480 e. The summed E-state index contributed by atoms with van der Waals surface area (Å²) in [6, 6.07) is 10.4. The number of carbonyl (C=O) groups is 1. The summed E-state index contributed by atoms with van der Waals surface area (Å²) in [6.07, 6.45) is -1.39. The van der Waals surface area contributed by atoms with Gasteiger partial charge in [-0.05, 0) is 55.5 Å². The Hall–Kier alpha value is -2.13. The zero-order valence-corrected chi connectivity index (χ0v) is 14.7. The molecule has 2 aromatic carbocycles. The number of benzene rings is 2. The van der Waals surface area contributed by atoms with Gasteiger partial charge in [0, 0.05) is 5.02 Å². The van der Waals surface area contributed by atoms with Crippen molar-refractivity contribution in [1.29, 1.82) is 0 Å². The lowest BCUT2D eigenvalue weighted by Crippen LogP contribution is -2.47. The van der Waals surface area contributed by atoms with Crippen LogP contribution in [0.5, 0.6) is 11.5 Å². The molecule has 0 spiro atoms. The lowest BCUT2D eigenvalue weighted by molar-refractivity contribution is -0.141. The van der Waals surface area contributed by atoms with Crippen LogP contribution in [0.2, 0.25) is 5.02 Å². The predicted molar refractivity (Wildman–Crippen MR) is 91.4 cm³/mol. The SMILES string of the molecule is CC(O)C(NS(=O)(=O)c1ccc(Oc2ccc(Cl)cc2)cc1)C(=O)O. The van der Waals surface area contributed by atoms with Crippen LogP contribution in [0.4, 0.5) is 0 Å². The molecule has 25 heavy (non-hydrogen) atoms. The number of hydrogen-bond acceptors (Lipinski definition) is 5. The summed E-state index contributed by atoms with van der Waals surface area (Å²) >= 11 is 5.78. The van der Waals surface area contributed by atoms with Gasteiger partial charge in [-0.2, -0.15) is 4.72 Å². The zero-order valence-electron chi connectivity index (χ0n) is 13.1. The van der Waals surface area contributed by atoms with Crippen molar-refractivity contribution in [3.63, 3.8) is 0 Å². The molecule has 0 saturated carbocycles. The van der Waals surface area contributed by atoms with Crippen molar-refractivity contribution in [2.24, 2.45) is 0 Å². The molecular formula is C16H16ClNO6S. The van der Waals surface area contributed by atoms with Crippen molar-refractivity contribution in [1.82, 2.24) is 4.72 Å². The van der Waals surface area contributed by atoms with E-state index in [4.69, 9.17) is 21.4 Å². The van der Waals surface area contributed by atoms with Gasteiger partial charge in [-0.15, -0.1) is 0 Å². The van der Waals surface area contributed by atoms with E-state index in [9.17, 15) is 18.3 Å². The molecule has 2 atom stereocenters. The summed E-state index contributed by atoms with van der Waals surface area (Å²) in [5.41, 5.74) is 0. The van der Waals surface area contributed by atoms with E-state index in [0.717, 1.165) is 0 Å². The first-order valence-corrected chi connectivity index (χ1v) is 9.02. The zero-order chi connectivity index (χ0) is 18.6. The lowest BCUT2D eigenvalue weighted by Gasteiger charge is -2.17. The number of nitrogens with one attached hydrogen (secondary N) is 1. The fourth-order valence-electron chi connectivity index (χ4n) is 1.92. The number of carboxylic acids is 1. The molecule has 0 saturated heterocycles. The summed E-state index contributed by atoms with van der Waals surface area (Å²) in [7, 11) is -4.11. The molecule has 0 aliphatic rings. The van der Waals surface area contributed by atoms with Gasteiger partial charge in [-0.1, -0.05) is 11.6 Å². The number of ether oxygens (including phenoxy) is 1. The second-order valence-electron chi connectivity index (χ2n) is 5.21. The number of hydrogen-bond donors (Lipinski definition) is 3. The van der Waals surface area contributed by atoms with E-state index in [1.54, 1.807) is 24.3 Å². The molecular weight excluding hydrogens is 370 g/mol. The Morgan fingerprint density at radius 2 is 1.56 bits per heavy atom. The first kappa shape index (κ1) is 19.2. The largest absolute Gasteiger partial charge is 0.480 e. The molecule has 0 fully saturated rings. The van der Waals surface area contributed by atoms with E-state index in [1.807, 2.05) is 4.72 Å². The Kier molecular flexibility index (Phi) is 6.02. The van der Waals surface area contributed by atoms with Gasteiger partial charge < -0.3 is 14.9 Å². The molecule has 3 N–H and O–H groups in total. The number of halogens is 1. The molecule has 0 aliphatic heterocycles. The standard InChI is InChI=1S/C16H16ClNO6S/c1-10(19)15(16(20)21)18-25(22,23)14-8-6-13(7-9-14)24-12-4-2-11(17)3-5-12/h2-10,15,18-19H,1H3,(H,20,21). The van der Waals surface area contributed by atoms with Crippen LogP contribution in [0.3, 0.4) is 0 Å². The molecule has 0 radical (unpaired) electrons. The smallest absolute Gasteiger partial charge is 0.324 e. The lowest BCUT2D eigenvalue weighted by atomic mass is 10.2. The molecule has 7 nitrogen and oxygen atoms in total. The third-order valence-electron chi connectivity index (χ3n) is 3.21. The maximum atomic E-state index is 12.2. The third-order valence-corrected chi connectivity index (χ3v) is 4.92. The monoisotopic (exact) mass is 385 g/mol. The highest BCUT2D eigenvalue weighted by Crippen LogP contribution is 2.24. The number of sulfonamides is 1. The van der Waals surface area contributed by atoms with E-state index >= 15 is 0 Å². The number of aliphatic carboxylic acids is 1. The Morgan fingerprint density at radius 3 is 2.00 bits per heavy atom. The number of carboxylic acid groups (broad SMARTS) is 1. The molecule has 2 aromatic rings. The summed E-state index contributed by atoms with van der Waals surface area (Å²) < 4.78 is 31.9. The first-order chi connectivity index (χ1) is 11.7. The number of aliphatic hydroxyl groups is 1. The first-order valence-electron chi connectivity index (χ1n) is 7.16. The minimum atomic E-state index is -4.11. The second kappa shape index (κ2) is 7.83. The maximum Gasteiger partial charge on any atom is 0.324 e. The predicted octanol–water partition coefficient (Wildman–Crippen LogP) is 2.24. The van der Waals surface area contributed by atoms with Gasteiger partial charge in [-0.25, -0.2) is 8.42 Å². The van der Waals surface area contributed by atoms with E-state index in [2.05, 4.69) is 0 Å². The Bertz CT molecular complexity index is 834. The van der Waals surface area contributed by atoms with E-state index in [-0.39, 0.29) is 4.90 Å². The van der Waals surface area contributed by atoms with Crippen molar-refractivity contribution in [2.75, 3.05) is 0 Å². The Morgan fingerprint density at radius 1 is 1.08 bits per heavy atom. The molecule has 0 heterocycles. The van der Waals surface area contributed by atoms with Crippen LogP contribution in [0.25, 0.3) is 0 Å². The average molecular weight is 386 g/mol. The number of aliphatic hydroxyl groups excluding tert-OH is 1. The van der Waals surface area contributed by atoms with Gasteiger partial charge in [0.2, 0.25) is 10.0 Å². The molecule has 134 valence electrons. The van der Waals surface area contributed by atoms with Crippen LogP contribution in [0, 0.1) is 0 Å². The van der Waals surface area contributed by atoms with Crippen LogP contribution in [-0.4, -0.2) is 36.7 Å². The Labute approximate surface area is 149 Å². The van der Waals surface area contributed by atoms with Crippen molar-refractivity contribution in [3.05, 3.63) is 53.6 Å². The van der Waals surface area contributed by atoms with Gasteiger partial charge in [0.1, 0.15) is 17.5 Å². The van der Waals surface area contributed by atoms with E-state index < -0.39 is 28.1 Å². The van der Waals surface area contributed by atoms with Gasteiger partial charge in [-0.3, -0.25) is 4.79 Å². The summed E-state index contributed by atoms with van der Waals surface area (Å²) in [6.45, 7) is 1.18. The van der Waals surface area contributed by atoms with Crippen molar-refractivity contribution < 1.29 is 28.2 Å². The summed E-state index contributed by atoms with van der Waals surface area (Å²) in [4.78, 5) is 10.9. The van der Waals surface area contributed by atoms with Crippen LogP contribution in [0.15, 0.2) is 53.4 Å². The fourth-order valence-corrected chi connectivity index (χ4v) is 3.30. The van der Waals surface area contributed by atoms with Crippen molar-refractivity contribution in [3.8, 4) is 11.5 Å².